The predicted octanol–water partition coefficient (Wildman–Crippen LogP) is 5.71. The molecule has 2 saturated carbocycles. The lowest BCUT2D eigenvalue weighted by atomic mass is 10.0. The number of nitrogens with zero attached hydrogens (tertiary/aromatic N) is 2. The number of pyridine rings is 1. The smallest absolute Gasteiger partial charge is 0.407 e. The van der Waals surface area contributed by atoms with Crippen LogP contribution < -0.4 is 20.1 Å². The Kier molecular flexibility index (Phi) is 12.2. The molecule has 1 aromatic heterocycles. The summed E-state index contributed by atoms with van der Waals surface area (Å²) in [6, 6.07) is 15.8. The molecule has 57 heavy (non-hydrogen) atoms. The number of amides is 4. The minimum absolute atomic E-state index is 0.0145. The number of nitrogens with one attached hydrogen (secondary N) is 3. The van der Waals surface area contributed by atoms with Crippen LogP contribution in [-0.2, 0) is 35.6 Å². The van der Waals surface area contributed by atoms with Crippen molar-refractivity contribution in [3.8, 4) is 17.0 Å². The van der Waals surface area contributed by atoms with E-state index >= 15 is 0 Å². The molecule has 3 aromatic rings. The van der Waals surface area contributed by atoms with E-state index < -0.39 is 68.7 Å². The fraction of sp³-hybridized carbons (Fsp3) is 0.512. The molecule has 0 unspecified atom stereocenters. The highest BCUT2D eigenvalue weighted by molar-refractivity contribution is 7.91. The summed E-state index contributed by atoms with van der Waals surface area (Å²) < 4.78 is 40.1. The molecule has 304 valence electrons. The third-order valence-corrected chi connectivity index (χ3v) is 13.4. The molecule has 2 aliphatic heterocycles. The van der Waals surface area contributed by atoms with Crippen LogP contribution in [0.3, 0.4) is 0 Å². The molecule has 14 heteroatoms. The number of ether oxygens (including phenoxy) is 2. The van der Waals surface area contributed by atoms with Gasteiger partial charge < -0.3 is 25.0 Å². The van der Waals surface area contributed by atoms with Crippen LogP contribution in [0.15, 0.2) is 67.3 Å². The summed E-state index contributed by atoms with van der Waals surface area (Å²) in [7, 11) is -3.90. The van der Waals surface area contributed by atoms with E-state index in [-0.39, 0.29) is 26.0 Å². The highest BCUT2D eigenvalue weighted by Gasteiger charge is 2.62. The lowest BCUT2D eigenvalue weighted by Gasteiger charge is -2.29. The lowest BCUT2D eigenvalue weighted by Crippen LogP contribution is -2.58. The zero-order chi connectivity index (χ0) is 40.2. The van der Waals surface area contributed by atoms with E-state index in [1.807, 2.05) is 49.4 Å². The molecule has 4 aliphatic rings. The summed E-state index contributed by atoms with van der Waals surface area (Å²) in [5.41, 5.74) is 1.97. The van der Waals surface area contributed by atoms with Crippen LogP contribution in [0.4, 0.5) is 4.79 Å². The monoisotopic (exact) mass is 799 g/mol. The third kappa shape index (κ3) is 9.27. The Hall–Kier alpha value is -4.98. The summed E-state index contributed by atoms with van der Waals surface area (Å²) in [5.74, 6) is -1.86. The van der Waals surface area contributed by atoms with Gasteiger partial charge in [-0.25, -0.2) is 18.2 Å². The number of unbranched alkanes of at least 4 members (excludes halogenated alkanes) is 1. The lowest BCUT2D eigenvalue weighted by molar-refractivity contribution is -0.141. The van der Waals surface area contributed by atoms with Crippen molar-refractivity contribution in [3.63, 3.8) is 0 Å². The van der Waals surface area contributed by atoms with Gasteiger partial charge in [0.15, 0.2) is 0 Å². The van der Waals surface area contributed by atoms with Crippen molar-refractivity contribution < 1.29 is 37.1 Å². The van der Waals surface area contributed by atoms with Crippen molar-refractivity contribution >= 4 is 44.7 Å². The molecule has 3 fully saturated rings. The molecule has 1 saturated heterocycles. The van der Waals surface area contributed by atoms with E-state index in [2.05, 4.69) is 34.1 Å². The van der Waals surface area contributed by atoms with Crippen molar-refractivity contribution in [2.24, 2.45) is 5.92 Å². The SMILES string of the molecule is C=C[C@H]1C[C@]1(NC(=O)[C@@H]1C[C@@H]2CN1C(=O)[C@H](CCCC)NC(=O)OCCCCCCCc1ccc3nc(-c4ccccc4)cc(c3c1)O2)C(=O)NS(=O)(=O)C1CC1. The Morgan fingerprint density at radius 2 is 1.82 bits per heavy atom. The molecule has 7 rings (SSSR count). The number of fused-ring (bicyclic) bond motifs is 3. The maximum atomic E-state index is 14.6. The van der Waals surface area contributed by atoms with E-state index in [1.165, 1.54) is 11.0 Å². The van der Waals surface area contributed by atoms with Crippen LogP contribution in [0, 0.1) is 5.92 Å². The zero-order valence-corrected chi connectivity index (χ0v) is 33.4. The number of benzene rings is 2. The molecular formula is C43H53N5O8S. The Labute approximate surface area is 334 Å². The Morgan fingerprint density at radius 1 is 1.05 bits per heavy atom. The van der Waals surface area contributed by atoms with E-state index in [4.69, 9.17) is 14.5 Å². The van der Waals surface area contributed by atoms with Gasteiger partial charge in [-0.05, 0) is 62.6 Å². The van der Waals surface area contributed by atoms with E-state index in [0.717, 1.165) is 60.6 Å². The topological polar surface area (TPSA) is 173 Å². The van der Waals surface area contributed by atoms with Crippen molar-refractivity contribution in [2.75, 3.05) is 13.2 Å². The van der Waals surface area contributed by atoms with Gasteiger partial charge in [0.05, 0.1) is 29.6 Å². The quantitative estimate of drug-likeness (QED) is 0.217. The van der Waals surface area contributed by atoms with Gasteiger partial charge in [-0.2, -0.15) is 0 Å². The molecule has 5 atom stereocenters. The summed E-state index contributed by atoms with van der Waals surface area (Å²) >= 11 is 0. The van der Waals surface area contributed by atoms with Gasteiger partial charge in [-0.15, -0.1) is 6.58 Å². The van der Waals surface area contributed by atoms with Crippen LogP contribution in [0.25, 0.3) is 22.2 Å². The Morgan fingerprint density at radius 3 is 2.56 bits per heavy atom. The number of aryl methyl sites for hydroxylation is 1. The number of hydrogen-bond donors (Lipinski definition) is 3. The molecule has 0 spiro atoms. The predicted molar refractivity (Wildman–Crippen MR) is 216 cm³/mol. The number of carbonyl (C=O) groups is 4. The van der Waals surface area contributed by atoms with Crippen LogP contribution in [0.5, 0.6) is 5.75 Å². The van der Waals surface area contributed by atoms with E-state index in [1.54, 1.807) is 0 Å². The van der Waals surface area contributed by atoms with Gasteiger partial charge in [0, 0.05) is 29.4 Å². The van der Waals surface area contributed by atoms with Gasteiger partial charge in [-0.3, -0.25) is 19.1 Å². The number of sulfonamides is 1. The van der Waals surface area contributed by atoms with Crippen molar-refractivity contribution in [1.29, 1.82) is 0 Å². The van der Waals surface area contributed by atoms with Crippen molar-refractivity contribution in [1.82, 2.24) is 25.2 Å². The second-order valence-electron chi connectivity index (χ2n) is 15.9. The summed E-state index contributed by atoms with van der Waals surface area (Å²) in [6.07, 6.45) is 8.54. The second kappa shape index (κ2) is 17.3. The molecule has 13 nitrogen and oxygen atoms in total. The normalized spacial score (nSPS) is 25.8. The maximum absolute atomic E-state index is 14.6. The summed E-state index contributed by atoms with van der Waals surface area (Å²) in [5, 5.41) is 5.80. The molecule has 4 amide bonds. The Balaban J connectivity index is 1.23. The molecule has 3 heterocycles. The fourth-order valence-corrected chi connectivity index (χ4v) is 9.37. The molecule has 4 bridgehead atoms. The molecule has 2 aromatic carbocycles. The summed E-state index contributed by atoms with van der Waals surface area (Å²) in [4.78, 5) is 62.1. The largest absolute Gasteiger partial charge is 0.488 e. The van der Waals surface area contributed by atoms with Crippen molar-refractivity contribution in [2.45, 2.75) is 119 Å². The highest BCUT2D eigenvalue weighted by Crippen LogP contribution is 2.45. The zero-order valence-electron chi connectivity index (χ0n) is 32.5. The van der Waals surface area contributed by atoms with E-state index in [0.29, 0.717) is 43.5 Å². The maximum Gasteiger partial charge on any atom is 0.407 e. The number of aromatic nitrogens is 1. The van der Waals surface area contributed by atoms with Crippen LogP contribution in [0.2, 0.25) is 0 Å². The third-order valence-electron chi connectivity index (χ3n) is 11.6. The van der Waals surface area contributed by atoms with Gasteiger partial charge in [-0.1, -0.05) is 81.5 Å². The summed E-state index contributed by atoms with van der Waals surface area (Å²) in [6.45, 7) is 6.03. The first-order valence-electron chi connectivity index (χ1n) is 20.4. The number of alkyl carbamates (subject to hydrolysis) is 1. The van der Waals surface area contributed by atoms with Gasteiger partial charge in [0.25, 0.3) is 5.91 Å². The highest BCUT2D eigenvalue weighted by atomic mass is 32.2. The van der Waals surface area contributed by atoms with Crippen LogP contribution in [0.1, 0.15) is 89.5 Å². The van der Waals surface area contributed by atoms with Crippen molar-refractivity contribution in [3.05, 3.63) is 72.8 Å². The van der Waals surface area contributed by atoms with E-state index in [9.17, 15) is 27.6 Å². The molecular weight excluding hydrogens is 747 g/mol. The van der Waals surface area contributed by atoms with Crippen LogP contribution in [-0.4, -0.2) is 84.2 Å². The van der Waals surface area contributed by atoms with Gasteiger partial charge >= 0.3 is 6.09 Å². The number of carbonyl (C=O) groups excluding carboxylic acids is 4. The minimum atomic E-state index is -3.90. The first-order chi connectivity index (χ1) is 27.5. The van der Waals surface area contributed by atoms with Crippen LogP contribution >= 0.6 is 0 Å². The molecule has 3 N–H and O–H groups in total. The standard InChI is InChI=1S/C43H53N5O8S/c1-3-5-17-35-40(50)48-27-31(24-37(48)39(49)46-43(26-30(43)4-2)41(51)47-57(53,54)32-19-20-32)56-38-25-36(29-15-11-9-12-16-29)44-34-21-18-28(23-33(34)38)14-10-7-6-8-13-22-55-42(52)45-35/h4,9,11-12,15-16,18,21,23,25,30-32,35,37H,2-3,5-8,10,13-14,17,19-20,22,24,26-27H2,1H3,(H,45,52)(H,46,49)(H,47,51)/t30-,31+,35-,37-,43+/m0/s1. The fourth-order valence-electron chi connectivity index (χ4n) is 8.00. The first kappa shape index (κ1) is 40.2. The number of hydrogen-bond acceptors (Lipinski definition) is 9. The Bertz CT molecular complexity index is 2110. The molecule has 2 aliphatic carbocycles. The first-order valence-corrected chi connectivity index (χ1v) is 22.0. The number of cyclic esters (lactones) is 1. The average Bonchev–Trinajstić information content (AvgIpc) is 4.14. The minimum Gasteiger partial charge on any atom is -0.488 e. The van der Waals surface area contributed by atoms with Gasteiger partial charge in [0.2, 0.25) is 21.8 Å². The number of rotatable bonds is 10. The molecule has 0 radical (unpaired) electrons. The second-order valence-corrected chi connectivity index (χ2v) is 17.8. The average molecular weight is 800 g/mol. The van der Waals surface area contributed by atoms with Gasteiger partial charge in [0.1, 0.15) is 29.5 Å².